The minimum Gasteiger partial charge on any atom is -0.331 e. The number of nitrogens with zero attached hydrogens (tertiary/aromatic N) is 1. The van der Waals surface area contributed by atoms with Crippen LogP contribution in [0.3, 0.4) is 0 Å². The molecule has 4 nitrogen and oxygen atoms in total. The molecule has 0 fully saturated rings. The van der Waals surface area contributed by atoms with E-state index in [1.165, 1.54) is 11.3 Å². The van der Waals surface area contributed by atoms with E-state index in [0.29, 0.717) is 10.6 Å². The fraction of sp³-hybridized carbons (Fsp3) is 0.250. The minimum atomic E-state index is -0.302. The van der Waals surface area contributed by atoms with Crippen molar-refractivity contribution in [3.8, 4) is 6.07 Å². The number of benzene rings is 1. The number of nitrogens with one attached hydrogen (secondary N) is 2. The van der Waals surface area contributed by atoms with E-state index in [1.54, 1.807) is 0 Å². The molecular formula is C16H17N3OS. The Morgan fingerprint density at radius 2 is 1.95 bits per heavy atom. The molecule has 0 radical (unpaired) electrons. The van der Waals surface area contributed by atoms with Crippen molar-refractivity contribution in [3.63, 3.8) is 0 Å². The lowest BCUT2D eigenvalue weighted by Gasteiger charge is -2.14. The van der Waals surface area contributed by atoms with Crippen LogP contribution in [0.5, 0.6) is 0 Å². The molecule has 1 aromatic carbocycles. The summed E-state index contributed by atoms with van der Waals surface area (Å²) >= 11 is 1.42. The number of nitriles is 1. The molecule has 108 valence electrons. The molecule has 0 bridgehead atoms. The first-order valence-corrected chi connectivity index (χ1v) is 7.47. The molecule has 0 spiro atoms. The molecule has 0 unspecified atom stereocenters. The Labute approximate surface area is 128 Å². The molecule has 0 aliphatic rings. The highest BCUT2D eigenvalue weighted by Gasteiger charge is 2.15. The second-order valence-electron chi connectivity index (χ2n) is 4.83. The van der Waals surface area contributed by atoms with Crippen LogP contribution in [0.25, 0.3) is 0 Å². The predicted molar refractivity (Wildman–Crippen MR) is 85.5 cm³/mol. The lowest BCUT2D eigenvalue weighted by molar-refractivity contribution is 0.249. The van der Waals surface area contributed by atoms with Crippen LogP contribution in [0, 0.1) is 25.2 Å². The van der Waals surface area contributed by atoms with Crippen LogP contribution in [-0.2, 0) is 0 Å². The Morgan fingerprint density at radius 3 is 2.57 bits per heavy atom. The fourth-order valence-electron chi connectivity index (χ4n) is 2.01. The number of carbonyl (C=O) groups is 1. The molecule has 0 aliphatic heterocycles. The number of hydrogen-bond acceptors (Lipinski definition) is 3. The average Bonchev–Trinajstić information content (AvgIpc) is 2.73. The number of thiophene rings is 1. The maximum absolute atomic E-state index is 12.1. The van der Waals surface area contributed by atoms with E-state index in [-0.39, 0.29) is 12.1 Å². The molecule has 2 aromatic rings. The van der Waals surface area contributed by atoms with Crippen LogP contribution in [0.4, 0.5) is 9.80 Å². The van der Waals surface area contributed by atoms with Crippen molar-refractivity contribution in [3.05, 3.63) is 51.9 Å². The van der Waals surface area contributed by atoms with E-state index in [1.807, 2.05) is 51.1 Å². The first kappa shape index (κ1) is 15.1. The number of hydrogen-bond donors (Lipinski definition) is 2. The lowest BCUT2D eigenvalue weighted by atomic mass is 10.1. The maximum Gasteiger partial charge on any atom is 0.320 e. The quantitative estimate of drug-likeness (QED) is 0.895. The smallest absolute Gasteiger partial charge is 0.320 e. The Morgan fingerprint density at radius 1 is 1.29 bits per heavy atom. The molecule has 0 saturated carbocycles. The second-order valence-corrected chi connectivity index (χ2v) is 6.05. The largest absolute Gasteiger partial charge is 0.331 e. The molecule has 2 N–H and O–H groups in total. The summed E-state index contributed by atoms with van der Waals surface area (Å²) in [5.74, 6) is 0. The number of aryl methyl sites for hydroxylation is 1. The predicted octanol–water partition coefficient (Wildman–Crippen LogP) is 4.12. The summed E-state index contributed by atoms with van der Waals surface area (Å²) in [5, 5.41) is 15.4. The van der Waals surface area contributed by atoms with Gasteiger partial charge in [0.25, 0.3) is 0 Å². The number of rotatable bonds is 3. The number of amides is 2. The van der Waals surface area contributed by atoms with Gasteiger partial charge in [-0.3, -0.25) is 5.32 Å². The van der Waals surface area contributed by atoms with E-state index in [4.69, 9.17) is 0 Å². The summed E-state index contributed by atoms with van der Waals surface area (Å²) in [6, 6.07) is 11.5. The molecule has 21 heavy (non-hydrogen) atoms. The van der Waals surface area contributed by atoms with Gasteiger partial charge in [-0.1, -0.05) is 30.3 Å². The molecule has 5 heteroatoms. The summed E-state index contributed by atoms with van der Waals surface area (Å²) in [4.78, 5) is 13.1. The molecule has 1 atom stereocenters. The number of carbonyl (C=O) groups excluding carboxylic acids is 1. The highest BCUT2D eigenvalue weighted by atomic mass is 32.1. The summed E-state index contributed by atoms with van der Waals surface area (Å²) in [6.07, 6.45) is 0. The summed E-state index contributed by atoms with van der Waals surface area (Å²) in [5.41, 5.74) is 2.50. The summed E-state index contributed by atoms with van der Waals surface area (Å²) in [7, 11) is 0. The van der Waals surface area contributed by atoms with Gasteiger partial charge in [0.05, 0.1) is 11.6 Å². The van der Waals surface area contributed by atoms with Crippen molar-refractivity contribution in [1.29, 1.82) is 5.26 Å². The first-order chi connectivity index (χ1) is 10.0. The topological polar surface area (TPSA) is 64.9 Å². The zero-order valence-electron chi connectivity index (χ0n) is 12.2. The average molecular weight is 299 g/mol. The lowest BCUT2D eigenvalue weighted by Crippen LogP contribution is -2.31. The summed E-state index contributed by atoms with van der Waals surface area (Å²) < 4.78 is 0. The first-order valence-electron chi connectivity index (χ1n) is 6.65. The SMILES string of the molecule is Cc1sc(NC(=O)N[C@H](C)c2ccccc2)c(C#N)c1C. The van der Waals surface area contributed by atoms with Crippen LogP contribution >= 0.6 is 11.3 Å². The summed E-state index contributed by atoms with van der Waals surface area (Å²) in [6.45, 7) is 5.75. The van der Waals surface area contributed by atoms with Gasteiger partial charge >= 0.3 is 6.03 Å². The third-order valence-corrected chi connectivity index (χ3v) is 4.49. The fourth-order valence-corrected chi connectivity index (χ4v) is 3.02. The van der Waals surface area contributed by atoms with Crippen molar-refractivity contribution in [1.82, 2.24) is 5.32 Å². The molecular weight excluding hydrogens is 282 g/mol. The zero-order valence-corrected chi connectivity index (χ0v) is 13.0. The standard InChI is InChI=1S/C16H17N3OS/c1-10-12(3)21-15(14(10)9-17)19-16(20)18-11(2)13-7-5-4-6-8-13/h4-8,11H,1-3H3,(H2,18,19,20)/t11-/m1/s1. The third-order valence-electron chi connectivity index (χ3n) is 3.37. The Balaban J connectivity index is 2.06. The highest BCUT2D eigenvalue weighted by molar-refractivity contribution is 7.16. The van der Waals surface area contributed by atoms with Gasteiger partial charge in [0, 0.05) is 4.88 Å². The van der Waals surface area contributed by atoms with Crippen LogP contribution < -0.4 is 10.6 Å². The van der Waals surface area contributed by atoms with Gasteiger partial charge < -0.3 is 5.32 Å². The van der Waals surface area contributed by atoms with Crippen molar-refractivity contribution in [2.45, 2.75) is 26.8 Å². The van der Waals surface area contributed by atoms with Gasteiger partial charge in [-0.15, -0.1) is 11.3 Å². The Hall–Kier alpha value is -2.32. The van der Waals surface area contributed by atoms with Crippen LogP contribution in [0.1, 0.15) is 34.5 Å². The van der Waals surface area contributed by atoms with Gasteiger partial charge in [-0.05, 0) is 31.9 Å². The van der Waals surface area contributed by atoms with Crippen molar-refractivity contribution < 1.29 is 4.79 Å². The van der Waals surface area contributed by atoms with Gasteiger partial charge in [-0.25, -0.2) is 4.79 Å². The molecule has 2 amide bonds. The van der Waals surface area contributed by atoms with E-state index in [0.717, 1.165) is 16.0 Å². The van der Waals surface area contributed by atoms with Gasteiger partial charge in [0.2, 0.25) is 0 Å². The van der Waals surface area contributed by atoms with Crippen LogP contribution in [0.15, 0.2) is 30.3 Å². The van der Waals surface area contributed by atoms with Crippen molar-refractivity contribution >= 4 is 22.4 Å². The third kappa shape index (κ3) is 3.41. The number of urea groups is 1. The Kier molecular flexibility index (Phi) is 4.61. The molecule has 1 aromatic heterocycles. The normalized spacial score (nSPS) is 11.5. The maximum atomic E-state index is 12.1. The van der Waals surface area contributed by atoms with Crippen LogP contribution in [-0.4, -0.2) is 6.03 Å². The Bertz CT molecular complexity index is 686. The highest BCUT2D eigenvalue weighted by Crippen LogP contribution is 2.31. The van der Waals surface area contributed by atoms with Gasteiger partial charge in [0.15, 0.2) is 0 Å². The molecule has 0 aliphatic carbocycles. The zero-order chi connectivity index (χ0) is 15.4. The molecule has 1 heterocycles. The van der Waals surface area contributed by atoms with Crippen LogP contribution in [0.2, 0.25) is 0 Å². The molecule has 2 rings (SSSR count). The van der Waals surface area contributed by atoms with E-state index in [9.17, 15) is 10.1 Å². The van der Waals surface area contributed by atoms with Crippen molar-refractivity contribution in [2.24, 2.45) is 0 Å². The monoisotopic (exact) mass is 299 g/mol. The van der Waals surface area contributed by atoms with E-state index in [2.05, 4.69) is 16.7 Å². The van der Waals surface area contributed by atoms with E-state index >= 15 is 0 Å². The molecule has 0 saturated heterocycles. The van der Waals surface area contributed by atoms with E-state index < -0.39 is 0 Å². The van der Waals surface area contributed by atoms with Crippen molar-refractivity contribution in [2.75, 3.05) is 5.32 Å². The minimum absolute atomic E-state index is 0.0982. The second kappa shape index (κ2) is 6.42. The number of anilines is 1. The van der Waals surface area contributed by atoms with Gasteiger partial charge in [0.1, 0.15) is 11.1 Å². The van der Waals surface area contributed by atoms with Gasteiger partial charge in [-0.2, -0.15) is 5.26 Å².